The average molecular weight is 396 g/mol. The smallest absolute Gasteiger partial charge is 0.269 e. The van der Waals surface area contributed by atoms with Gasteiger partial charge in [0.05, 0.1) is 10.7 Å². The Kier molecular flexibility index (Phi) is 6.63. The second-order valence-electron chi connectivity index (χ2n) is 5.57. The zero-order chi connectivity index (χ0) is 19.3. The van der Waals surface area contributed by atoms with Crippen molar-refractivity contribution in [2.45, 2.75) is 18.7 Å². The van der Waals surface area contributed by atoms with Crippen molar-refractivity contribution in [3.05, 3.63) is 59.1 Å². The van der Waals surface area contributed by atoms with Crippen LogP contribution in [0.1, 0.15) is 24.2 Å². The second kappa shape index (κ2) is 8.53. The second-order valence-corrected chi connectivity index (χ2v) is 7.88. The number of benzene rings is 2. The van der Waals surface area contributed by atoms with Gasteiger partial charge in [-0.05, 0) is 30.3 Å². The number of sulfonamides is 1. The lowest BCUT2D eigenvalue weighted by molar-refractivity contribution is 0.0951. The SMILES string of the molecule is CCN(CC)S(=O)(=O)c1cc(C(=O)NN(C)c2ccccc2)ccc1Cl. The molecule has 2 rings (SSSR count). The lowest BCUT2D eigenvalue weighted by Crippen LogP contribution is -2.39. The van der Waals surface area contributed by atoms with Gasteiger partial charge in [0.2, 0.25) is 10.0 Å². The molecule has 0 aliphatic carbocycles. The van der Waals surface area contributed by atoms with Crippen molar-refractivity contribution in [3.63, 3.8) is 0 Å². The van der Waals surface area contributed by atoms with Gasteiger partial charge in [-0.3, -0.25) is 15.2 Å². The van der Waals surface area contributed by atoms with Crippen molar-refractivity contribution >= 4 is 33.2 Å². The van der Waals surface area contributed by atoms with Crippen LogP contribution in [0.15, 0.2) is 53.4 Å². The third-order valence-electron chi connectivity index (χ3n) is 3.93. The summed E-state index contributed by atoms with van der Waals surface area (Å²) in [6.45, 7) is 4.14. The van der Waals surface area contributed by atoms with Crippen LogP contribution in [0, 0.1) is 0 Å². The summed E-state index contributed by atoms with van der Waals surface area (Å²) in [6, 6.07) is 13.5. The highest BCUT2D eigenvalue weighted by atomic mass is 35.5. The van der Waals surface area contributed by atoms with E-state index < -0.39 is 15.9 Å². The van der Waals surface area contributed by atoms with E-state index in [9.17, 15) is 13.2 Å². The first-order valence-electron chi connectivity index (χ1n) is 8.20. The van der Waals surface area contributed by atoms with Crippen LogP contribution in [0.4, 0.5) is 5.69 Å². The monoisotopic (exact) mass is 395 g/mol. The van der Waals surface area contributed by atoms with Crippen LogP contribution >= 0.6 is 11.6 Å². The van der Waals surface area contributed by atoms with Gasteiger partial charge < -0.3 is 0 Å². The molecule has 0 bridgehead atoms. The number of hydrazine groups is 1. The van der Waals surface area contributed by atoms with Gasteiger partial charge in [-0.25, -0.2) is 8.42 Å². The first kappa shape index (κ1) is 20.2. The molecule has 0 aliphatic heterocycles. The number of halogens is 1. The zero-order valence-electron chi connectivity index (χ0n) is 14.9. The maximum absolute atomic E-state index is 12.7. The largest absolute Gasteiger partial charge is 0.288 e. The predicted octanol–water partition coefficient (Wildman–Crippen LogP) is 3.15. The van der Waals surface area contributed by atoms with Crippen LogP contribution in [0.5, 0.6) is 0 Å². The van der Waals surface area contributed by atoms with E-state index in [4.69, 9.17) is 11.6 Å². The van der Waals surface area contributed by atoms with Gasteiger partial charge in [0, 0.05) is 25.7 Å². The van der Waals surface area contributed by atoms with Gasteiger partial charge in [-0.2, -0.15) is 4.31 Å². The van der Waals surface area contributed by atoms with Gasteiger partial charge in [-0.15, -0.1) is 0 Å². The summed E-state index contributed by atoms with van der Waals surface area (Å²) in [7, 11) is -2.06. The zero-order valence-corrected chi connectivity index (χ0v) is 16.5. The number of rotatable bonds is 7. The van der Waals surface area contributed by atoms with Gasteiger partial charge in [-0.1, -0.05) is 43.6 Å². The summed E-state index contributed by atoms with van der Waals surface area (Å²) in [5.74, 6) is -0.427. The Labute approximate surface area is 159 Å². The molecule has 0 radical (unpaired) electrons. The van der Waals surface area contributed by atoms with Crippen molar-refractivity contribution in [2.24, 2.45) is 0 Å². The van der Waals surface area contributed by atoms with Crippen LogP contribution in [0.25, 0.3) is 0 Å². The van der Waals surface area contributed by atoms with Crippen LogP contribution in [0.2, 0.25) is 5.02 Å². The van der Waals surface area contributed by atoms with E-state index in [1.54, 1.807) is 25.9 Å². The quantitative estimate of drug-likeness (QED) is 0.731. The number of amides is 1. The van der Waals surface area contributed by atoms with Crippen molar-refractivity contribution in [1.82, 2.24) is 9.73 Å². The summed E-state index contributed by atoms with van der Waals surface area (Å²) in [6.07, 6.45) is 0. The molecule has 0 atom stereocenters. The maximum Gasteiger partial charge on any atom is 0.269 e. The predicted molar refractivity (Wildman–Crippen MR) is 104 cm³/mol. The summed E-state index contributed by atoms with van der Waals surface area (Å²) < 4.78 is 26.8. The fraction of sp³-hybridized carbons (Fsp3) is 0.278. The Morgan fingerprint density at radius 1 is 1.08 bits per heavy atom. The molecule has 0 unspecified atom stereocenters. The molecule has 140 valence electrons. The molecule has 1 amide bonds. The normalized spacial score (nSPS) is 11.4. The molecular formula is C18H22ClN3O3S. The summed E-state index contributed by atoms with van der Waals surface area (Å²) in [5.41, 5.74) is 3.72. The first-order chi connectivity index (χ1) is 12.3. The van der Waals surface area contributed by atoms with E-state index in [-0.39, 0.29) is 15.5 Å². The Bertz CT molecular complexity index is 869. The molecule has 0 fully saturated rings. The van der Waals surface area contributed by atoms with Crippen LogP contribution < -0.4 is 10.4 Å². The number of hydrogen-bond donors (Lipinski definition) is 1. The highest BCUT2D eigenvalue weighted by Gasteiger charge is 2.25. The van der Waals surface area contributed by atoms with Crippen molar-refractivity contribution in [1.29, 1.82) is 0 Å². The minimum atomic E-state index is -3.76. The Morgan fingerprint density at radius 2 is 1.69 bits per heavy atom. The fourth-order valence-electron chi connectivity index (χ4n) is 2.48. The van der Waals surface area contributed by atoms with Crippen LogP contribution in [-0.2, 0) is 10.0 Å². The van der Waals surface area contributed by atoms with Gasteiger partial charge in [0.1, 0.15) is 4.90 Å². The lowest BCUT2D eigenvalue weighted by atomic mass is 10.2. The maximum atomic E-state index is 12.7. The van der Waals surface area contributed by atoms with Crippen LogP contribution in [-0.4, -0.2) is 38.8 Å². The molecule has 2 aromatic rings. The van der Waals surface area contributed by atoms with E-state index >= 15 is 0 Å². The Morgan fingerprint density at radius 3 is 2.27 bits per heavy atom. The molecule has 0 aliphatic rings. The van der Waals surface area contributed by atoms with Gasteiger partial charge in [0.15, 0.2) is 0 Å². The molecule has 0 spiro atoms. The highest BCUT2D eigenvalue weighted by molar-refractivity contribution is 7.89. The molecule has 0 heterocycles. The number of carbonyl (C=O) groups is 1. The standard InChI is InChI=1S/C18H22ClN3O3S/c1-4-22(5-2)26(24,25)17-13-14(11-12-16(17)19)18(23)20-21(3)15-9-7-6-8-10-15/h6-13H,4-5H2,1-3H3,(H,20,23). The van der Waals surface area contributed by atoms with Gasteiger partial charge >= 0.3 is 0 Å². The van der Waals surface area contributed by atoms with Gasteiger partial charge in [0.25, 0.3) is 5.91 Å². The highest BCUT2D eigenvalue weighted by Crippen LogP contribution is 2.26. The van der Waals surface area contributed by atoms with E-state index in [1.807, 2.05) is 30.3 Å². The van der Waals surface area contributed by atoms with E-state index in [0.29, 0.717) is 13.1 Å². The third kappa shape index (κ3) is 4.35. The summed E-state index contributed by atoms with van der Waals surface area (Å²) in [5, 5.41) is 1.65. The van der Waals surface area contributed by atoms with E-state index in [2.05, 4.69) is 5.43 Å². The Hall–Kier alpha value is -2.09. The average Bonchev–Trinajstić information content (AvgIpc) is 2.63. The number of anilines is 1. The lowest BCUT2D eigenvalue weighted by Gasteiger charge is -2.21. The number of para-hydroxylation sites is 1. The molecule has 0 saturated heterocycles. The number of nitrogens with zero attached hydrogens (tertiary/aromatic N) is 2. The van der Waals surface area contributed by atoms with Crippen molar-refractivity contribution < 1.29 is 13.2 Å². The summed E-state index contributed by atoms with van der Waals surface area (Å²) in [4.78, 5) is 12.5. The van der Waals surface area contributed by atoms with E-state index in [1.165, 1.54) is 22.5 Å². The molecule has 26 heavy (non-hydrogen) atoms. The number of nitrogens with one attached hydrogen (secondary N) is 1. The minimum Gasteiger partial charge on any atom is -0.288 e. The molecule has 8 heteroatoms. The molecule has 0 saturated carbocycles. The van der Waals surface area contributed by atoms with Crippen molar-refractivity contribution in [2.75, 3.05) is 25.1 Å². The van der Waals surface area contributed by atoms with Crippen LogP contribution in [0.3, 0.4) is 0 Å². The number of carbonyl (C=O) groups excluding carboxylic acids is 1. The van der Waals surface area contributed by atoms with E-state index in [0.717, 1.165) is 5.69 Å². The minimum absolute atomic E-state index is 0.0714. The fourth-order valence-corrected chi connectivity index (χ4v) is 4.44. The molecule has 6 nitrogen and oxygen atoms in total. The Balaban J connectivity index is 2.30. The van der Waals surface area contributed by atoms with Crippen molar-refractivity contribution in [3.8, 4) is 0 Å². The number of hydrogen-bond acceptors (Lipinski definition) is 4. The molecule has 1 N–H and O–H groups in total. The summed E-state index contributed by atoms with van der Waals surface area (Å²) >= 11 is 6.10. The molecule has 0 aromatic heterocycles. The topological polar surface area (TPSA) is 69.7 Å². The third-order valence-corrected chi connectivity index (χ3v) is 6.46. The molecular weight excluding hydrogens is 374 g/mol. The molecule has 2 aromatic carbocycles. The first-order valence-corrected chi connectivity index (χ1v) is 10.0.